The molecule has 22 atom stereocenters. The molecule has 8 fully saturated rings. The van der Waals surface area contributed by atoms with Crippen molar-refractivity contribution in [1.82, 2.24) is 9.97 Å². The van der Waals surface area contributed by atoms with Crippen LogP contribution in [0.3, 0.4) is 0 Å². The molecule has 2 spiro atoms. The molecule has 0 bridgehead atoms. The van der Waals surface area contributed by atoms with Gasteiger partial charge in [-0.15, -0.1) is 0 Å². The van der Waals surface area contributed by atoms with E-state index >= 15 is 0 Å². The standard InChI is InChI=1S/C54H76N2O9/c1-27-45-41(64-52(27)15-13-46(3,59)25-62-52)19-35-31-11-9-29-17-37-39(23-48(29,5)33(31)20-42(57)50(35,45)7)55-38-18-30-10-12-32-34(49(30,6)24-40(38)56-37)21-43(58)51(8)36(32)22-44-54(51,61)28(2)53(65-44)16-14-47(4,60)26-63-53/h19,22,27-34,41-45,57-61H,9-18,20-21,23-26H2,1-8H3/t27-,28+,29-,30-,31+,32+,33-,34-,41-,42-,43+,44-,45-,46-,47+,48-,49-,50+,51+,52+,53+,54+/m0/s1. The monoisotopic (exact) mass is 897 g/mol. The van der Waals surface area contributed by atoms with Crippen LogP contribution in [0.25, 0.3) is 0 Å². The Morgan fingerprint density at radius 1 is 0.615 bits per heavy atom. The molecule has 11 nitrogen and oxygen atoms in total. The average Bonchev–Trinajstić information content (AvgIpc) is 3.86. The summed E-state index contributed by atoms with van der Waals surface area (Å²) in [4.78, 5) is 11.2. The zero-order valence-corrected chi connectivity index (χ0v) is 40.2. The van der Waals surface area contributed by atoms with Gasteiger partial charge < -0.3 is 44.5 Å². The van der Waals surface area contributed by atoms with Gasteiger partial charge in [0.25, 0.3) is 0 Å². The van der Waals surface area contributed by atoms with Crippen LogP contribution in [0.4, 0.5) is 0 Å². The van der Waals surface area contributed by atoms with E-state index in [-0.39, 0.29) is 65.2 Å². The lowest BCUT2D eigenvalue weighted by molar-refractivity contribution is -0.289. The number of hydrogen-bond acceptors (Lipinski definition) is 11. The minimum Gasteiger partial charge on any atom is -0.392 e. The van der Waals surface area contributed by atoms with Gasteiger partial charge in [0.15, 0.2) is 11.6 Å². The molecule has 0 amide bonds. The highest BCUT2D eigenvalue weighted by Gasteiger charge is 2.77. The first-order valence-electron chi connectivity index (χ1n) is 26.0. The fourth-order valence-corrected chi connectivity index (χ4v) is 19.0. The zero-order valence-electron chi connectivity index (χ0n) is 40.2. The van der Waals surface area contributed by atoms with Crippen LogP contribution in [0.2, 0.25) is 0 Å². The Kier molecular flexibility index (Phi) is 8.73. The Morgan fingerprint density at radius 3 is 1.71 bits per heavy atom. The molecule has 0 aromatic carbocycles. The quantitative estimate of drug-likeness (QED) is 0.185. The molecule has 13 rings (SSSR count). The second kappa shape index (κ2) is 13.1. The summed E-state index contributed by atoms with van der Waals surface area (Å²) in [5, 5.41) is 59.2. The molecule has 4 aliphatic heterocycles. The number of ether oxygens (including phenoxy) is 4. The van der Waals surface area contributed by atoms with Crippen LogP contribution in [0, 0.1) is 74.9 Å². The van der Waals surface area contributed by atoms with Gasteiger partial charge >= 0.3 is 0 Å². The third-order valence-corrected chi connectivity index (χ3v) is 23.2. The van der Waals surface area contributed by atoms with Crippen molar-refractivity contribution < 1.29 is 44.5 Å². The van der Waals surface area contributed by atoms with E-state index in [4.69, 9.17) is 28.9 Å². The number of aliphatic hydroxyl groups excluding tert-OH is 2. The highest BCUT2D eigenvalue weighted by Crippen LogP contribution is 2.72. The number of hydrogen-bond donors (Lipinski definition) is 5. The van der Waals surface area contributed by atoms with E-state index in [1.54, 1.807) is 6.92 Å². The van der Waals surface area contributed by atoms with Crippen molar-refractivity contribution >= 4 is 0 Å². The molecule has 356 valence electrons. The maximum Gasteiger partial charge on any atom is 0.174 e. The maximum atomic E-state index is 12.9. The SMILES string of the molecule is C[C@@H]1[C@@]2(CC[C@@](C)(O)CO2)O[C@H]2C=C3[C@@H]4CC[C@H]5Cc6nc7c(nc6C[C@]5(C)[C@H]4C[C@@H](O)[C@]3(C)[C@]21O)C[C@@H]1CC[C@H]2C3=C[C@@H]4O[C@]5(CC[C@](C)(O)CO5)[C@@H](C)[C@@H]4[C@@]3(C)[C@@H](O)C[C@@H]2[C@@]1(C)C7. The summed E-state index contributed by atoms with van der Waals surface area (Å²) in [5.74, 6) is 0.408. The molecule has 4 saturated heterocycles. The molecule has 5 N–H and O–H groups in total. The summed E-state index contributed by atoms with van der Waals surface area (Å²) < 4.78 is 26.4. The van der Waals surface area contributed by atoms with Gasteiger partial charge in [-0.1, -0.05) is 64.8 Å². The van der Waals surface area contributed by atoms with Crippen molar-refractivity contribution in [3.05, 3.63) is 46.1 Å². The Balaban J connectivity index is 0.760. The number of fused-ring (bicyclic) bond motifs is 16. The normalized spacial score (nSPS) is 59.1. The van der Waals surface area contributed by atoms with Gasteiger partial charge in [-0.25, -0.2) is 0 Å². The van der Waals surface area contributed by atoms with Crippen LogP contribution in [0.15, 0.2) is 23.3 Å². The largest absolute Gasteiger partial charge is 0.392 e. The van der Waals surface area contributed by atoms with Crippen molar-refractivity contribution in [2.75, 3.05) is 13.2 Å². The van der Waals surface area contributed by atoms with Crippen LogP contribution in [0.1, 0.15) is 142 Å². The molecular weight excluding hydrogens is 821 g/mol. The molecule has 1 aromatic heterocycles. The van der Waals surface area contributed by atoms with Crippen molar-refractivity contribution in [3.63, 3.8) is 0 Å². The summed E-state index contributed by atoms with van der Waals surface area (Å²) in [6, 6.07) is 0. The first-order chi connectivity index (χ1) is 30.5. The van der Waals surface area contributed by atoms with Crippen LogP contribution >= 0.6 is 0 Å². The average molecular weight is 897 g/mol. The Morgan fingerprint density at radius 2 is 1.15 bits per heavy atom. The van der Waals surface area contributed by atoms with Gasteiger partial charge in [-0.2, -0.15) is 0 Å². The smallest absolute Gasteiger partial charge is 0.174 e. The van der Waals surface area contributed by atoms with Crippen molar-refractivity contribution in [2.45, 2.75) is 198 Å². The van der Waals surface area contributed by atoms with Crippen molar-refractivity contribution in [3.8, 4) is 0 Å². The second-order valence-corrected chi connectivity index (χ2v) is 26.2. The maximum absolute atomic E-state index is 12.9. The second-order valence-electron chi connectivity index (χ2n) is 26.2. The molecule has 1 aromatic rings. The molecule has 5 heterocycles. The molecule has 65 heavy (non-hydrogen) atoms. The predicted octanol–water partition coefficient (Wildman–Crippen LogP) is 6.33. The lowest BCUT2D eigenvalue weighted by atomic mass is 9.44. The van der Waals surface area contributed by atoms with E-state index in [1.165, 1.54) is 28.2 Å². The Hall–Kier alpha value is -1.80. The first kappa shape index (κ1) is 43.2. The lowest BCUT2D eigenvalue weighted by Crippen LogP contribution is -2.64. The molecule has 4 saturated carbocycles. The molecular formula is C54H76N2O9. The molecule has 0 unspecified atom stereocenters. The highest BCUT2D eigenvalue weighted by atomic mass is 16.7. The van der Waals surface area contributed by atoms with Gasteiger partial charge in [-0.3, -0.25) is 9.97 Å². The van der Waals surface area contributed by atoms with E-state index in [1.807, 2.05) is 13.8 Å². The van der Waals surface area contributed by atoms with E-state index in [0.29, 0.717) is 55.8 Å². The minimum absolute atomic E-state index is 0.0122. The van der Waals surface area contributed by atoms with Crippen LogP contribution < -0.4 is 0 Å². The number of nitrogens with zero attached hydrogens (tertiary/aromatic N) is 2. The third-order valence-electron chi connectivity index (χ3n) is 23.2. The van der Waals surface area contributed by atoms with E-state index in [0.717, 1.165) is 63.5 Å². The van der Waals surface area contributed by atoms with E-state index in [9.17, 15) is 25.5 Å². The fraction of sp³-hybridized carbons (Fsp3) is 0.852. The van der Waals surface area contributed by atoms with Gasteiger partial charge in [0, 0.05) is 41.4 Å². The first-order valence-corrected chi connectivity index (χ1v) is 26.0. The lowest BCUT2D eigenvalue weighted by Gasteiger charge is -2.61. The van der Waals surface area contributed by atoms with Crippen molar-refractivity contribution in [1.29, 1.82) is 0 Å². The number of aliphatic hydroxyl groups is 5. The van der Waals surface area contributed by atoms with Crippen LogP contribution in [-0.2, 0) is 44.6 Å². The van der Waals surface area contributed by atoms with Gasteiger partial charge in [-0.05, 0) is 137 Å². The minimum atomic E-state index is -1.31. The van der Waals surface area contributed by atoms with Gasteiger partial charge in [0.2, 0.25) is 0 Å². The Labute approximate surface area is 385 Å². The van der Waals surface area contributed by atoms with Crippen LogP contribution in [0.5, 0.6) is 0 Å². The predicted molar refractivity (Wildman–Crippen MR) is 240 cm³/mol. The van der Waals surface area contributed by atoms with Gasteiger partial charge in [0.1, 0.15) is 11.7 Å². The molecule has 8 aliphatic carbocycles. The summed E-state index contributed by atoms with van der Waals surface area (Å²) in [7, 11) is 0. The summed E-state index contributed by atoms with van der Waals surface area (Å²) in [6.07, 6.45) is 14.6. The molecule has 11 heteroatoms. The summed E-state index contributed by atoms with van der Waals surface area (Å²) >= 11 is 0. The Bertz CT molecular complexity index is 2270. The number of aromatic nitrogens is 2. The number of rotatable bonds is 0. The third kappa shape index (κ3) is 5.25. The summed E-state index contributed by atoms with van der Waals surface area (Å²) in [5.41, 5.74) is 3.00. The van der Waals surface area contributed by atoms with E-state index < -0.39 is 52.1 Å². The molecule has 0 radical (unpaired) electrons. The summed E-state index contributed by atoms with van der Waals surface area (Å²) in [6.45, 7) is 17.8. The van der Waals surface area contributed by atoms with Gasteiger partial charge in [0.05, 0.1) is 65.5 Å². The highest BCUT2D eigenvalue weighted by molar-refractivity contribution is 5.43. The van der Waals surface area contributed by atoms with Crippen LogP contribution in [-0.4, -0.2) is 102 Å². The van der Waals surface area contributed by atoms with Crippen molar-refractivity contribution in [2.24, 2.45) is 74.9 Å². The fourth-order valence-electron chi connectivity index (χ4n) is 19.0. The topological polar surface area (TPSA) is 164 Å². The van der Waals surface area contributed by atoms with E-state index in [2.05, 4.69) is 46.8 Å². The molecule has 12 aliphatic rings. The zero-order chi connectivity index (χ0) is 45.4.